The smallest absolute Gasteiger partial charge is 0.350 e. The molecule has 1 aromatic rings. The Hall–Kier alpha value is -3.23. The molecule has 1 aromatic carbocycles. The van der Waals surface area contributed by atoms with Gasteiger partial charge in [0.2, 0.25) is 12.7 Å². The van der Waals surface area contributed by atoms with E-state index >= 15 is 0 Å². The zero-order valence-electron chi connectivity index (χ0n) is 14.9. The van der Waals surface area contributed by atoms with Crippen molar-refractivity contribution in [2.24, 2.45) is 0 Å². The van der Waals surface area contributed by atoms with Crippen LogP contribution in [-0.4, -0.2) is 37.0 Å². The number of anilines is 2. The first-order chi connectivity index (χ1) is 12.8. The normalized spacial score (nSPS) is 20.4. The monoisotopic (exact) mass is 374 g/mol. The Morgan fingerprint density at radius 2 is 1.74 bits per heavy atom. The number of esters is 2. The summed E-state index contributed by atoms with van der Waals surface area (Å²) >= 11 is 0. The summed E-state index contributed by atoms with van der Waals surface area (Å²) in [4.78, 5) is 38.0. The molecule has 9 nitrogen and oxygen atoms in total. The van der Waals surface area contributed by atoms with E-state index in [4.69, 9.17) is 18.9 Å². The molecule has 0 aromatic heterocycles. The highest BCUT2D eigenvalue weighted by molar-refractivity contribution is 6.15. The molecule has 3 heterocycles. The fourth-order valence-electron chi connectivity index (χ4n) is 3.10. The van der Waals surface area contributed by atoms with Crippen molar-refractivity contribution in [1.82, 2.24) is 0 Å². The number of nitrogens with one attached hydrogen (secondary N) is 1. The van der Waals surface area contributed by atoms with Crippen molar-refractivity contribution >= 4 is 29.2 Å². The molecule has 1 amide bonds. The highest BCUT2D eigenvalue weighted by Gasteiger charge is 2.39. The predicted molar refractivity (Wildman–Crippen MR) is 92.1 cm³/mol. The summed E-state index contributed by atoms with van der Waals surface area (Å²) in [5.74, 6) is -1.87. The number of fused-ring (bicyclic) bond motifs is 1. The lowest BCUT2D eigenvalue weighted by Crippen LogP contribution is -2.42. The van der Waals surface area contributed by atoms with Gasteiger partial charge in [-0.05, 0) is 6.42 Å². The van der Waals surface area contributed by atoms with Gasteiger partial charge < -0.3 is 29.2 Å². The third-order valence-corrected chi connectivity index (χ3v) is 4.34. The largest absolute Gasteiger partial charge is 0.454 e. The first-order valence-corrected chi connectivity index (χ1v) is 8.51. The number of nitrogens with zero attached hydrogens (tertiary/aromatic N) is 1. The van der Waals surface area contributed by atoms with Crippen molar-refractivity contribution in [2.75, 3.05) is 23.6 Å². The minimum Gasteiger partial charge on any atom is -0.454 e. The van der Waals surface area contributed by atoms with E-state index in [-0.39, 0.29) is 18.3 Å². The van der Waals surface area contributed by atoms with Crippen LogP contribution in [0.4, 0.5) is 11.4 Å². The number of rotatable bonds is 3. The van der Waals surface area contributed by atoms with Crippen molar-refractivity contribution in [2.45, 2.75) is 32.5 Å². The molecule has 0 bridgehead atoms. The van der Waals surface area contributed by atoms with Crippen LogP contribution in [0.25, 0.3) is 0 Å². The van der Waals surface area contributed by atoms with E-state index in [1.54, 1.807) is 17.0 Å². The molecule has 3 aliphatic rings. The van der Waals surface area contributed by atoms with Gasteiger partial charge in [0.15, 0.2) is 17.1 Å². The third-order valence-electron chi connectivity index (χ3n) is 4.34. The molecule has 1 N–H and O–H groups in total. The van der Waals surface area contributed by atoms with Crippen molar-refractivity contribution < 1.29 is 33.3 Å². The lowest BCUT2D eigenvalue weighted by Gasteiger charge is -2.29. The molecule has 0 saturated carbocycles. The molecular weight excluding hydrogens is 356 g/mol. The number of amides is 1. The quantitative estimate of drug-likeness (QED) is 0.484. The molecule has 0 aliphatic carbocycles. The fraction of sp³-hybridized carbons (Fsp3) is 0.389. The predicted octanol–water partition coefficient (Wildman–Crippen LogP) is 1.67. The van der Waals surface area contributed by atoms with Crippen LogP contribution in [0, 0.1) is 0 Å². The van der Waals surface area contributed by atoms with E-state index in [9.17, 15) is 14.4 Å². The average molecular weight is 374 g/mol. The standard InChI is InChI=1S/C18H18N2O7/c1-18(2)26-16(22)10(17(23)27-18)8-19-11-6-13-14(25-9-24-13)7-12(11)20-5-3-4-15(20)21/h6-8,19H,3-5,9H2,1-2H3. The molecule has 142 valence electrons. The highest BCUT2D eigenvalue weighted by Crippen LogP contribution is 2.42. The van der Waals surface area contributed by atoms with E-state index in [1.165, 1.54) is 20.0 Å². The summed E-state index contributed by atoms with van der Waals surface area (Å²) in [6.07, 6.45) is 2.42. The molecule has 3 aliphatic heterocycles. The van der Waals surface area contributed by atoms with Gasteiger partial charge in [-0.15, -0.1) is 0 Å². The van der Waals surface area contributed by atoms with Gasteiger partial charge in [-0.25, -0.2) is 9.59 Å². The number of benzene rings is 1. The van der Waals surface area contributed by atoms with Crippen molar-refractivity contribution in [1.29, 1.82) is 0 Å². The second-order valence-electron chi connectivity index (χ2n) is 6.75. The molecule has 4 rings (SSSR count). The van der Waals surface area contributed by atoms with Gasteiger partial charge in [-0.3, -0.25) is 4.79 Å². The molecule has 0 radical (unpaired) electrons. The molecule has 2 fully saturated rings. The van der Waals surface area contributed by atoms with Crippen LogP contribution < -0.4 is 19.7 Å². The minimum absolute atomic E-state index is 0.0113. The lowest BCUT2D eigenvalue weighted by molar-refractivity contribution is -0.222. The SMILES string of the molecule is CC1(C)OC(=O)C(=CNc2cc3c(cc2N2CCCC2=O)OCO3)C(=O)O1. The summed E-state index contributed by atoms with van der Waals surface area (Å²) in [6.45, 7) is 3.60. The van der Waals surface area contributed by atoms with E-state index in [0.717, 1.165) is 6.42 Å². The van der Waals surface area contributed by atoms with Crippen molar-refractivity contribution in [3.63, 3.8) is 0 Å². The van der Waals surface area contributed by atoms with E-state index in [2.05, 4.69) is 5.32 Å². The second-order valence-corrected chi connectivity index (χ2v) is 6.75. The molecule has 0 atom stereocenters. The van der Waals surface area contributed by atoms with Crippen LogP contribution in [0.5, 0.6) is 11.5 Å². The van der Waals surface area contributed by atoms with Crippen LogP contribution in [0.1, 0.15) is 26.7 Å². The third kappa shape index (κ3) is 3.16. The zero-order valence-corrected chi connectivity index (χ0v) is 14.9. The Bertz CT molecular complexity index is 853. The number of ether oxygens (including phenoxy) is 4. The highest BCUT2D eigenvalue weighted by atomic mass is 16.7. The summed E-state index contributed by atoms with van der Waals surface area (Å²) in [5.41, 5.74) is 0.801. The van der Waals surface area contributed by atoms with Crippen LogP contribution in [-0.2, 0) is 23.9 Å². The Labute approximate surface area is 154 Å². The molecule has 27 heavy (non-hydrogen) atoms. The van der Waals surface area contributed by atoms with E-state index in [0.29, 0.717) is 35.8 Å². The Morgan fingerprint density at radius 3 is 2.37 bits per heavy atom. The maximum atomic E-state index is 12.2. The number of cyclic esters (lactones) is 2. The van der Waals surface area contributed by atoms with Crippen LogP contribution >= 0.6 is 0 Å². The summed E-state index contributed by atoms with van der Waals surface area (Å²) in [6, 6.07) is 3.36. The van der Waals surface area contributed by atoms with Gasteiger partial charge in [-0.2, -0.15) is 0 Å². The molecule has 0 unspecified atom stereocenters. The first kappa shape index (κ1) is 17.2. The topological polar surface area (TPSA) is 103 Å². The summed E-state index contributed by atoms with van der Waals surface area (Å²) in [5, 5.41) is 2.91. The van der Waals surface area contributed by atoms with Gasteiger partial charge in [0.25, 0.3) is 5.79 Å². The van der Waals surface area contributed by atoms with Crippen LogP contribution in [0.15, 0.2) is 23.9 Å². The average Bonchev–Trinajstić information content (AvgIpc) is 3.20. The maximum absolute atomic E-state index is 12.2. The molecular formula is C18H18N2O7. The molecule has 2 saturated heterocycles. The Morgan fingerprint density at radius 1 is 1.07 bits per heavy atom. The maximum Gasteiger partial charge on any atom is 0.350 e. The molecule has 0 spiro atoms. The first-order valence-electron chi connectivity index (χ1n) is 8.51. The Balaban J connectivity index is 1.66. The van der Waals surface area contributed by atoms with Crippen LogP contribution in [0.3, 0.4) is 0 Å². The number of carbonyl (C=O) groups excluding carboxylic acids is 3. The molecule has 9 heteroatoms. The van der Waals surface area contributed by atoms with Crippen molar-refractivity contribution in [3.8, 4) is 11.5 Å². The van der Waals surface area contributed by atoms with Gasteiger partial charge in [0.05, 0.1) is 11.4 Å². The number of hydrogen-bond donors (Lipinski definition) is 1. The van der Waals surface area contributed by atoms with E-state index in [1.807, 2.05) is 0 Å². The number of carbonyl (C=O) groups is 3. The lowest BCUT2D eigenvalue weighted by atomic mass is 10.2. The second kappa shape index (κ2) is 6.19. The van der Waals surface area contributed by atoms with Gasteiger partial charge >= 0.3 is 11.9 Å². The van der Waals surface area contributed by atoms with Crippen LogP contribution in [0.2, 0.25) is 0 Å². The zero-order chi connectivity index (χ0) is 19.2. The van der Waals surface area contributed by atoms with Gasteiger partial charge in [0.1, 0.15) is 0 Å². The minimum atomic E-state index is -1.31. The fourth-order valence-corrected chi connectivity index (χ4v) is 3.10. The Kier molecular flexibility index (Phi) is 3.94. The summed E-state index contributed by atoms with van der Waals surface area (Å²) < 4.78 is 20.9. The van der Waals surface area contributed by atoms with Gasteiger partial charge in [-0.1, -0.05) is 0 Å². The van der Waals surface area contributed by atoms with Crippen molar-refractivity contribution in [3.05, 3.63) is 23.9 Å². The van der Waals surface area contributed by atoms with E-state index < -0.39 is 17.7 Å². The van der Waals surface area contributed by atoms with Gasteiger partial charge in [0, 0.05) is 45.1 Å². The summed E-state index contributed by atoms with van der Waals surface area (Å²) in [7, 11) is 0. The number of hydrogen-bond acceptors (Lipinski definition) is 8.